The Bertz CT molecular complexity index is 1220. The summed E-state index contributed by atoms with van der Waals surface area (Å²) in [7, 11) is 1.48. The van der Waals surface area contributed by atoms with Crippen LogP contribution in [-0.4, -0.2) is 13.0 Å². The molecule has 0 spiro atoms. The molecule has 3 aromatic carbocycles. The summed E-state index contributed by atoms with van der Waals surface area (Å²) < 4.78 is 25.6. The third-order valence-electron chi connectivity index (χ3n) is 4.41. The van der Waals surface area contributed by atoms with Crippen LogP contribution in [0.3, 0.4) is 0 Å². The zero-order valence-corrected chi connectivity index (χ0v) is 19.2. The molecule has 0 aromatic heterocycles. The van der Waals surface area contributed by atoms with Gasteiger partial charge >= 0.3 is 0 Å². The Balaban J connectivity index is 1.84. The van der Waals surface area contributed by atoms with Gasteiger partial charge in [0.15, 0.2) is 11.5 Å². The molecular formula is C24H17BrClFN2O3. The summed E-state index contributed by atoms with van der Waals surface area (Å²) in [4.78, 5) is 12.5. The lowest BCUT2D eigenvalue weighted by atomic mass is 10.1. The van der Waals surface area contributed by atoms with Crippen LogP contribution in [0.25, 0.3) is 6.08 Å². The standard InChI is InChI=1S/C24H17BrClFN2O3/c1-31-22-11-16(10-17(13-28)24(30)29-21-9-5-4-8-20(21)27)18(25)12-23(22)32-14-15-6-2-3-7-19(15)26/h2-12H,14H2,1H3,(H,29,30)/b17-10-. The number of rotatable bonds is 7. The fourth-order valence-corrected chi connectivity index (χ4v) is 3.39. The maximum atomic E-state index is 13.8. The van der Waals surface area contributed by atoms with E-state index in [1.54, 1.807) is 24.3 Å². The largest absolute Gasteiger partial charge is 0.493 e. The molecule has 0 unspecified atom stereocenters. The first kappa shape index (κ1) is 23.3. The van der Waals surface area contributed by atoms with Crippen LogP contribution in [0.4, 0.5) is 10.1 Å². The smallest absolute Gasteiger partial charge is 0.266 e. The summed E-state index contributed by atoms with van der Waals surface area (Å²) in [6.45, 7) is 0.228. The predicted octanol–water partition coefficient (Wildman–Crippen LogP) is 6.37. The van der Waals surface area contributed by atoms with Gasteiger partial charge in [0.25, 0.3) is 5.91 Å². The highest BCUT2D eigenvalue weighted by Crippen LogP contribution is 2.35. The molecule has 3 rings (SSSR count). The molecule has 5 nitrogen and oxygen atoms in total. The highest BCUT2D eigenvalue weighted by atomic mass is 79.9. The molecule has 0 atom stereocenters. The Morgan fingerprint density at radius 1 is 1.19 bits per heavy atom. The Labute approximate surface area is 198 Å². The van der Waals surface area contributed by atoms with Crippen molar-refractivity contribution in [2.24, 2.45) is 0 Å². The van der Waals surface area contributed by atoms with E-state index < -0.39 is 11.7 Å². The minimum absolute atomic E-state index is 0.0152. The average molecular weight is 516 g/mol. The summed E-state index contributed by atoms with van der Waals surface area (Å²) in [5.41, 5.74) is 1.10. The molecule has 0 saturated carbocycles. The van der Waals surface area contributed by atoms with Crippen molar-refractivity contribution < 1.29 is 18.7 Å². The van der Waals surface area contributed by atoms with E-state index in [1.165, 1.54) is 31.4 Å². The van der Waals surface area contributed by atoms with Crippen molar-refractivity contribution >= 4 is 45.2 Å². The summed E-state index contributed by atoms with van der Waals surface area (Å²) in [6, 6.07) is 18.2. The van der Waals surface area contributed by atoms with Gasteiger partial charge in [-0.3, -0.25) is 4.79 Å². The van der Waals surface area contributed by atoms with Crippen molar-refractivity contribution in [1.82, 2.24) is 0 Å². The van der Waals surface area contributed by atoms with Crippen LogP contribution in [0.2, 0.25) is 5.02 Å². The summed E-state index contributed by atoms with van der Waals surface area (Å²) >= 11 is 9.60. The zero-order valence-electron chi connectivity index (χ0n) is 16.9. The first-order chi connectivity index (χ1) is 15.4. The van der Waals surface area contributed by atoms with Gasteiger partial charge in [-0.25, -0.2) is 4.39 Å². The van der Waals surface area contributed by atoms with Gasteiger partial charge in [0.1, 0.15) is 24.1 Å². The van der Waals surface area contributed by atoms with Crippen LogP contribution >= 0.6 is 27.5 Å². The summed E-state index contributed by atoms with van der Waals surface area (Å²) in [5.74, 6) is -0.479. The highest BCUT2D eigenvalue weighted by Gasteiger charge is 2.15. The van der Waals surface area contributed by atoms with Crippen LogP contribution in [0, 0.1) is 17.1 Å². The van der Waals surface area contributed by atoms with Crippen molar-refractivity contribution in [3.63, 3.8) is 0 Å². The maximum Gasteiger partial charge on any atom is 0.266 e. The molecule has 0 aliphatic carbocycles. The second-order valence-electron chi connectivity index (χ2n) is 6.51. The van der Waals surface area contributed by atoms with E-state index in [9.17, 15) is 14.4 Å². The lowest BCUT2D eigenvalue weighted by molar-refractivity contribution is -0.112. The number of carbonyl (C=O) groups is 1. The molecular weight excluding hydrogens is 499 g/mol. The molecule has 8 heteroatoms. The van der Waals surface area contributed by atoms with Crippen molar-refractivity contribution in [2.75, 3.05) is 12.4 Å². The van der Waals surface area contributed by atoms with Crippen LogP contribution < -0.4 is 14.8 Å². The van der Waals surface area contributed by atoms with Crippen molar-refractivity contribution in [1.29, 1.82) is 5.26 Å². The van der Waals surface area contributed by atoms with Gasteiger partial charge in [-0.1, -0.05) is 57.9 Å². The van der Waals surface area contributed by atoms with E-state index >= 15 is 0 Å². The van der Waals surface area contributed by atoms with Gasteiger partial charge in [0.2, 0.25) is 0 Å². The second-order valence-corrected chi connectivity index (χ2v) is 7.77. The van der Waals surface area contributed by atoms with E-state index in [2.05, 4.69) is 21.2 Å². The highest BCUT2D eigenvalue weighted by molar-refractivity contribution is 9.10. The van der Waals surface area contributed by atoms with Crippen molar-refractivity contribution in [3.8, 4) is 17.6 Å². The first-order valence-electron chi connectivity index (χ1n) is 9.34. The molecule has 0 heterocycles. The zero-order chi connectivity index (χ0) is 23.1. The lowest BCUT2D eigenvalue weighted by Gasteiger charge is -2.14. The number of anilines is 1. The summed E-state index contributed by atoms with van der Waals surface area (Å²) in [6.07, 6.45) is 1.38. The van der Waals surface area contributed by atoms with Gasteiger partial charge in [-0.2, -0.15) is 5.26 Å². The molecule has 162 valence electrons. The molecule has 0 bridgehead atoms. The Hall–Kier alpha value is -3.34. The number of nitrogens with zero attached hydrogens (tertiary/aromatic N) is 1. The van der Waals surface area contributed by atoms with E-state index in [1.807, 2.05) is 24.3 Å². The average Bonchev–Trinajstić information content (AvgIpc) is 2.79. The number of carbonyl (C=O) groups excluding carboxylic acids is 1. The van der Waals surface area contributed by atoms with E-state index in [0.29, 0.717) is 26.6 Å². The number of ether oxygens (including phenoxy) is 2. The molecule has 0 aliphatic rings. The maximum absolute atomic E-state index is 13.8. The normalized spacial score (nSPS) is 10.9. The minimum atomic E-state index is -0.734. The number of benzene rings is 3. The van der Waals surface area contributed by atoms with Gasteiger partial charge in [0.05, 0.1) is 12.8 Å². The predicted molar refractivity (Wildman–Crippen MR) is 125 cm³/mol. The Morgan fingerprint density at radius 3 is 2.59 bits per heavy atom. The number of methoxy groups -OCH3 is 1. The summed E-state index contributed by atoms with van der Waals surface area (Å²) in [5, 5.41) is 12.4. The number of amides is 1. The number of nitriles is 1. The Morgan fingerprint density at radius 2 is 1.91 bits per heavy atom. The van der Waals surface area contributed by atoms with Gasteiger partial charge in [0, 0.05) is 15.1 Å². The minimum Gasteiger partial charge on any atom is -0.493 e. The van der Waals surface area contributed by atoms with Crippen LogP contribution in [-0.2, 0) is 11.4 Å². The third-order valence-corrected chi connectivity index (χ3v) is 5.47. The van der Waals surface area contributed by atoms with Crippen LogP contribution in [0.5, 0.6) is 11.5 Å². The van der Waals surface area contributed by atoms with Crippen molar-refractivity contribution in [3.05, 3.63) is 92.7 Å². The van der Waals surface area contributed by atoms with E-state index in [4.69, 9.17) is 21.1 Å². The number of hydrogen-bond donors (Lipinski definition) is 1. The topological polar surface area (TPSA) is 71.3 Å². The van der Waals surface area contributed by atoms with Crippen molar-refractivity contribution in [2.45, 2.75) is 6.61 Å². The van der Waals surface area contributed by atoms with E-state index in [0.717, 1.165) is 5.56 Å². The first-order valence-corrected chi connectivity index (χ1v) is 10.5. The van der Waals surface area contributed by atoms with Crippen LogP contribution in [0.1, 0.15) is 11.1 Å². The quantitative estimate of drug-likeness (QED) is 0.293. The third kappa shape index (κ3) is 5.67. The number of para-hydroxylation sites is 1. The van der Waals surface area contributed by atoms with Crippen LogP contribution in [0.15, 0.2) is 70.7 Å². The van der Waals surface area contributed by atoms with Gasteiger partial charge in [-0.05, 0) is 42.0 Å². The fraction of sp³-hybridized carbons (Fsp3) is 0.0833. The number of halogens is 3. The molecule has 0 fully saturated rings. The fourth-order valence-electron chi connectivity index (χ4n) is 2.76. The lowest BCUT2D eigenvalue weighted by Crippen LogP contribution is -2.14. The Kier molecular flexibility index (Phi) is 7.87. The monoisotopic (exact) mass is 514 g/mol. The molecule has 3 aromatic rings. The molecule has 1 amide bonds. The molecule has 1 N–H and O–H groups in total. The molecule has 0 aliphatic heterocycles. The SMILES string of the molecule is COc1cc(/C=C(/C#N)C(=O)Nc2ccccc2F)c(Br)cc1OCc1ccccc1Cl. The number of nitrogens with one attached hydrogen (secondary N) is 1. The van der Waals surface area contributed by atoms with Gasteiger partial charge in [-0.15, -0.1) is 0 Å². The van der Waals surface area contributed by atoms with Gasteiger partial charge < -0.3 is 14.8 Å². The molecule has 0 radical (unpaired) electrons. The second kappa shape index (κ2) is 10.8. The molecule has 0 saturated heterocycles. The van der Waals surface area contributed by atoms with E-state index in [-0.39, 0.29) is 17.9 Å². The molecule has 32 heavy (non-hydrogen) atoms. The number of hydrogen-bond acceptors (Lipinski definition) is 4.